The van der Waals surface area contributed by atoms with Crippen LogP contribution in [0.4, 0.5) is 5.69 Å². The number of hydrogen-bond acceptors (Lipinski definition) is 2. The molecule has 4 nitrogen and oxygen atoms in total. The monoisotopic (exact) mass is 344 g/mol. The van der Waals surface area contributed by atoms with E-state index in [1.54, 1.807) is 4.90 Å². The Bertz CT molecular complexity index is 627. The molecule has 1 atom stereocenters. The summed E-state index contributed by atoms with van der Waals surface area (Å²) in [7, 11) is 0. The summed E-state index contributed by atoms with van der Waals surface area (Å²) in [4.78, 5) is 29.2. The van der Waals surface area contributed by atoms with Gasteiger partial charge in [0.05, 0.1) is 5.92 Å². The average molecular weight is 344 g/mol. The second kappa shape index (κ2) is 8.03. The maximum Gasteiger partial charge on any atom is 0.228 e. The van der Waals surface area contributed by atoms with Crippen molar-refractivity contribution in [1.82, 2.24) is 4.90 Å². The SMILES string of the molecule is Cc1ccc(N2CC(C(=O)N(CC(C)C)CC(C)C)CC2=O)cc1C. The van der Waals surface area contributed by atoms with E-state index in [4.69, 9.17) is 0 Å². The molecule has 138 valence electrons. The minimum Gasteiger partial charge on any atom is -0.342 e. The highest BCUT2D eigenvalue weighted by atomic mass is 16.2. The first-order valence-corrected chi connectivity index (χ1v) is 9.35. The summed E-state index contributed by atoms with van der Waals surface area (Å²) in [6, 6.07) is 6.06. The lowest BCUT2D eigenvalue weighted by atomic mass is 10.0. The largest absolute Gasteiger partial charge is 0.342 e. The highest BCUT2D eigenvalue weighted by Crippen LogP contribution is 2.28. The molecule has 0 radical (unpaired) electrons. The van der Waals surface area contributed by atoms with Crippen LogP contribution < -0.4 is 4.90 Å². The molecular formula is C21H32N2O2. The van der Waals surface area contributed by atoms with Crippen LogP contribution in [-0.2, 0) is 9.59 Å². The molecule has 1 aromatic carbocycles. The van der Waals surface area contributed by atoms with Crippen LogP contribution in [0.2, 0.25) is 0 Å². The van der Waals surface area contributed by atoms with Crippen LogP contribution >= 0.6 is 0 Å². The second-order valence-corrected chi connectivity index (χ2v) is 8.20. The van der Waals surface area contributed by atoms with Crippen LogP contribution in [0.3, 0.4) is 0 Å². The number of hydrogen-bond donors (Lipinski definition) is 0. The molecule has 0 N–H and O–H groups in total. The highest BCUT2D eigenvalue weighted by Gasteiger charge is 2.37. The number of aryl methyl sites for hydroxylation is 2. The summed E-state index contributed by atoms with van der Waals surface area (Å²) in [5, 5.41) is 0. The van der Waals surface area contributed by atoms with Crippen molar-refractivity contribution in [2.75, 3.05) is 24.5 Å². The molecule has 0 aromatic heterocycles. The molecule has 1 unspecified atom stereocenters. The third-order valence-electron chi connectivity index (χ3n) is 4.76. The van der Waals surface area contributed by atoms with E-state index in [-0.39, 0.29) is 17.7 Å². The summed E-state index contributed by atoms with van der Waals surface area (Å²) in [5.41, 5.74) is 3.28. The molecule has 1 aliphatic rings. The van der Waals surface area contributed by atoms with E-state index in [9.17, 15) is 9.59 Å². The number of carbonyl (C=O) groups excluding carboxylic acids is 2. The van der Waals surface area contributed by atoms with E-state index >= 15 is 0 Å². The molecule has 0 aliphatic carbocycles. The Labute approximate surface area is 152 Å². The van der Waals surface area contributed by atoms with Crippen molar-refractivity contribution >= 4 is 17.5 Å². The molecule has 1 aliphatic heterocycles. The van der Waals surface area contributed by atoms with E-state index in [2.05, 4.69) is 41.5 Å². The van der Waals surface area contributed by atoms with Gasteiger partial charge >= 0.3 is 0 Å². The van der Waals surface area contributed by atoms with Gasteiger partial charge in [0, 0.05) is 31.7 Å². The van der Waals surface area contributed by atoms with E-state index in [1.807, 2.05) is 23.1 Å². The smallest absolute Gasteiger partial charge is 0.228 e. The summed E-state index contributed by atoms with van der Waals surface area (Å²) in [6.45, 7) is 14.6. The van der Waals surface area contributed by atoms with Gasteiger partial charge in [0.25, 0.3) is 0 Å². The summed E-state index contributed by atoms with van der Waals surface area (Å²) in [6.07, 6.45) is 0.318. The van der Waals surface area contributed by atoms with Crippen LogP contribution in [0.5, 0.6) is 0 Å². The predicted octanol–water partition coefficient (Wildman–Crippen LogP) is 3.80. The lowest BCUT2D eigenvalue weighted by Gasteiger charge is -2.29. The van der Waals surface area contributed by atoms with Crippen LogP contribution in [0.15, 0.2) is 18.2 Å². The van der Waals surface area contributed by atoms with Crippen molar-refractivity contribution in [2.45, 2.75) is 48.0 Å². The molecule has 0 saturated carbocycles. The normalized spacial score (nSPS) is 17.7. The minimum absolute atomic E-state index is 0.0515. The van der Waals surface area contributed by atoms with E-state index in [0.29, 0.717) is 24.8 Å². The highest BCUT2D eigenvalue weighted by molar-refractivity contribution is 6.00. The van der Waals surface area contributed by atoms with Crippen molar-refractivity contribution in [3.63, 3.8) is 0 Å². The number of nitrogens with zero attached hydrogens (tertiary/aromatic N) is 2. The average Bonchev–Trinajstić information content (AvgIpc) is 2.89. The van der Waals surface area contributed by atoms with Crippen LogP contribution in [0, 0.1) is 31.6 Å². The number of benzene rings is 1. The molecule has 0 bridgehead atoms. The fourth-order valence-corrected chi connectivity index (χ4v) is 3.41. The molecule has 4 heteroatoms. The maximum atomic E-state index is 13.0. The van der Waals surface area contributed by atoms with Gasteiger partial charge in [-0.25, -0.2) is 0 Å². The minimum atomic E-state index is -0.230. The Hall–Kier alpha value is -1.84. The maximum absolute atomic E-state index is 13.0. The molecule has 1 saturated heterocycles. The quantitative estimate of drug-likeness (QED) is 0.787. The lowest BCUT2D eigenvalue weighted by Crippen LogP contribution is -2.41. The molecular weight excluding hydrogens is 312 g/mol. The molecule has 1 heterocycles. The van der Waals surface area contributed by atoms with Gasteiger partial charge in [0.2, 0.25) is 11.8 Å². The molecule has 25 heavy (non-hydrogen) atoms. The number of rotatable bonds is 6. The Balaban J connectivity index is 2.13. The van der Waals surface area contributed by atoms with Gasteiger partial charge < -0.3 is 9.80 Å². The molecule has 1 aromatic rings. The van der Waals surface area contributed by atoms with Gasteiger partial charge in [0.15, 0.2) is 0 Å². The Morgan fingerprint density at radius 2 is 1.72 bits per heavy atom. The number of carbonyl (C=O) groups is 2. The first-order chi connectivity index (χ1) is 11.7. The van der Waals surface area contributed by atoms with Gasteiger partial charge in [-0.05, 0) is 48.9 Å². The van der Waals surface area contributed by atoms with Gasteiger partial charge in [0.1, 0.15) is 0 Å². The van der Waals surface area contributed by atoms with E-state index < -0.39 is 0 Å². The Morgan fingerprint density at radius 1 is 1.12 bits per heavy atom. The van der Waals surface area contributed by atoms with Crippen LogP contribution in [0.1, 0.15) is 45.2 Å². The van der Waals surface area contributed by atoms with Crippen molar-refractivity contribution in [1.29, 1.82) is 0 Å². The fraction of sp³-hybridized carbons (Fsp3) is 0.619. The van der Waals surface area contributed by atoms with Gasteiger partial charge in [-0.1, -0.05) is 33.8 Å². The van der Waals surface area contributed by atoms with Crippen molar-refractivity contribution < 1.29 is 9.59 Å². The molecule has 0 spiro atoms. The van der Waals surface area contributed by atoms with Gasteiger partial charge in [-0.3, -0.25) is 9.59 Å². The molecule has 1 fully saturated rings. The molecule has 2 amide bonds. The van der Waals surface area contributed by atoms with Gasteiger partial charge in [-0.15, -0.1) is 0 Å². The van der Waals surface area contributed by atoms with Gasteiger partial charge in [-0.2, -0.15) is 0 Å². The predicted molar refractivity (Wildman–Crippen MR) is 103 cm³/mol. The fourth-order valence-electron chi connectivity index (χ4n) is 3.41. The number of anilines is 1. The van der Waals surface area contributed by atoms with Crippen molar-refractivity contribution in [3.8, 4) is 0 Å². The Morgan fingerprint density at radius 3 is 2.24 bits per heavy atom. The lowest BCUT2D eigenvalue weighted by molar-refractivity contribution is -0.136. The van der Waals surface area contributed by atoms with E-state index in [1.165, 1.54) is 11.1 Å². The first-order valence-electron chi connectivity index (χ1n) is 9.35. The first kappa shape index (κ1) is 19.5. The zero-order valence-electron chi connectivity index (χ0n) is 16.5. The van der Waals surface area contributed by atoms with Crippen LogP contribution in [0.25, 0.3) is 0 Å². The number of amides is 2. The third-order valence-corrected chi connectivity index (χ3v) is 4.76. The summed E-state index contributed by atoms with van der Waals surface area (Å²) >= 11 is 0. The zero-order valence-corrected chi connectivity index (χ0v) is 16.5. The molecule has 2 rings (SSSR count). The standard InChI is InChI=1S/C21H32N2O2/c1-14(2)11-22(12-15(3)4)21(25)18-10-20(24)23(13-18)19-8-7-16(5)17(6)9-19/h7-9,14-15,18H,10-13H2,1-6H3. The summed E-state index contributed by atoms with van der Waals surface area (Å²) < 4.78 is 0. The zero-order chi connectivity index (χ0) is 18.7. The summed E-state index contributed by atoms with van der Waals surface area (Å²) in [5.74, 6) is 0.802. The Kier molecular flexibility index (Phi) is 6.26. The topological polar surface area (TPSA) is 40.6 Å². The van der Waals surface area contributed by atoms with E-state index in [0.717, 1.165) is 18.8 Å². The second-order valence-electron chi connectivity index (χ2n) is 8.20. The third kappa shape index (κ3) is 4.83. The van der Waals surface area contributed by atoms with Crippen LogP contribution in [-0.4, -0.2) is 36.3 Å². The van der Waals surface area contributed by atoms with Crippen molar-refractivity contribution in [3.05, 3.63) is 29.3 Å². The van der Waals surface area contributed by atoms with Crippen molar-refractivity contribution in [2.24, 2.45) is 17.8 Å².